The standard InChI is InChI=1S/C68H82N8/c1-15-25-27-49-37(11)51-29-55-41(17-3)45(21-7)59(73-55)34-61-47(23-9)48(24-10)62(76-61)35-65-67(40(14)54(72-65)32-63(49)69-51)68-39(13)53-31-57-43(19-5)46(22-8)60(75-57)33-58-44(20-6)42(18-4)56(74-58)30-52-38(12)50(28-26-16-2)64(70-52)36-66(68)71-53/h29-36,71-74H,15-28H2,1-14H3. The van der Waals surface area contributed by atoms with Crippen molar-refractivity contribution >= 4 is 88.7 Å². The number of aromatic amines is 4. The zero-order chi connectivity index (χ0) is 53.7. The lowest BCUT2D eigenvalue weighted by Crippen LogP contribution is -1.87. The van der Waals surface area contributed by atoms with Gasteiger partial charge >= 0.3 is 0 Å². The summed E-state index contributed by atoms with van der Waals surface area (Å²) in [5.41, 5.74) is 37.7. The summed E-state index contributed by atoms with van der Waals surface area (Å²) in [6.07, 6.45) is 13.7. The lowest BCUT2D eigenvalue weighted by Gasteiger charge is -2.06. The van der Waals surface area contributed by atoms with E-state index in [0.29, 0.717) is 0 Å². The number of aryl methyl sites for hydroxylation is 6. The van der Waals surface area contributed by atoms with Gasteiger partial charge in [0.15, 0.2) is 0 Å². The molecule has 76 heavy (non-hydrogen) atoms. The van der Waals surface area contributed by atoms with Crippen molar-refractivity contribution in [1.29, 1.82) is 0 Å². The molecule has 16 bridgehead atoms. The molecule has 10 rings (SSSR count). The van der Waals surface area contributed by atoms with Crippen molar-refractivity contribution in [3.63, 3.8) is 0 Å². The van der Waals surface area contributed by atoms with Crippen molar-refractivity contribution in [2.45, 2.75) is 187 Å². The average Bonchev–Trinajstić information content (AvgIpc) is 4.31. The highest BCUT2D eigenvalue weighted by atomic mass is 14.8. The predicted molar refractivity (Wildman–Crippen MR) is 327 cm³/mol. The molecule has 4 aliphatic rings. The Morgan fingerprint density at radius 3 is 0.829 bits per heavy atom. The largest absolute Gasteiger partial charge is 0.355 e. The molecular weight excluding hydrogens is 929 g/mol. The van der Waals surface area contributed by atoms with Gasteiger partial charge < -0.3 is 19.9 Å². The summed E-state index contributed by atoms with van der Waals surface area (Å²) in [6.45, 7) is 32.0. The van der Waals surface area contributed by atoms with E-state index in [0.717, 1.165) is 180 Å². The Morgan fingerprint density at radius 2 is 0.539 bits per heavy atom. The number of hydrogen-bond donors (Lipinski definition) is 4. The third-order valence-corrected chi connectivity index (χ3v) is 17.3. The van der Waals surface area contributed by atoms with Crippen molar-refractivity contribution < 1.29 is 0 Å². The van der Waals surface area contributed by atoms with Crippen LogP contribution in [0.3, 0.4) is 0 Å². The van der Waals surface area contributed by atoms with Crippen molar-refractivity contribution in [1.82, 2.24) is 39.9 Å². The fraction of sp³-hybridized carbons (Fsp3) is 0.412. The Kier molecular flexibility index (Phi) is 15.0. The Morgan fingerprint density at radius 1 is 0.289 bits per heavy atom. The summed E-state index contributed by atoms with van der Waals surface area (Å²) in [7, 11) is 0. The number of nitrogens with one attached hydrogen (secondary N) is 4. The van der Waals surface area contributed by atoms with Gasteiger partial charge in [-0.2, -0.15) is 0 Å². The maximum absolute atomic E-state index is 5.61. The van der Waals surface area contributed by atoms with Crippen LogP contribution < -0.4 is 0 Å². The van der Waals surface area contributed by atoms with Crippen LogP contribution in [0.1, 0.15) is 226 Å². The molecule has 10 heterocycles. The molecule has 0 saturated heterocycles. The molecule has 8 heteroatoms. The molecule has 4 N–H and O–H groups in total. The second kappa shape index (κ2) is 21.7. The molecule has 0 unspecified atom stereocenters. The average molecular weight is 1010 g/mol. The van der Waals surface area contributed by atoms with Gasteiger partial charge in [0, 0.05) is 55.3 Å². The smallest absolute Gasteiger partial charge is 0.0693 e. The van der Waals surface area contributed by atoms with Crippen LogP contribution in [-0.4, -0.2) is 39.9 Å². The molecular formula is C68H82N8. The number of unbranched alkanes of at least 4 members (excludes halogenated alkanes) is 2. The molecule has 0 atom stereocenters. The minimum absolute atomic E-state index is 0.881. The first-order valence-electron chi connectivity index (χ1n) is 29.3. The molecule has 0 aliphatic carbocycles. The van der Waals surface area contributed by atoms with Gasteiger partial charge in [0.05, 0.1) is 45.6 Å². The minimum Gasteiger partial charge on any atom is -0.355 e. The number of fused-ring (bicyclic) bond motifs is 16. The van der Waals surface area contributed by atoms with E-state index in [2.05, 4.69) is 165 Å². The highest BCUT2D eigenvalue weighted by molar-refractivity contribution is 6.04. The van der Waals surface area contributed by atoms with Gasteiger partial charge in [0.25, 0.3) is 0 Å². The Bertz CT molecular complexity index is 3810. The van der Waals surface area contributed by atoms with E-state index in [-0.39, 0.29) is 0 Å². The third-order valence-electron chi connectivity index (χ3n) is 17.3. The maximum atomic E-state index is 5.61. The van der Waals surface area contributed by atoms with Crippen LogP contribution in [0, 0.1) is 13.8 Å². The molecule has 8 nitrogen and oxygen atoms in total. The van der Waals surface area contributed by atoms with Crippen LogP contribution in [-0.2, 0) is 25.7 Å². The molecule has 0 fully saturated rings. The summed E-state index contributed by atoms with van der Waals surface area (Å²) >= 11 is 0. The van der Waals surface area contributed by atoms with Gasteiger partial charge in [-0.15, -0.1) is 0 Å². The van der Waals surface area contributed by atoms with Crippen molar-refractivity contribution in [3.8, 4) is 11.1 Å². The van der Waals surface area contributed by atoms with E-state index in [1.807, 2.05) is 0 Å². The Balaban J connectivity index is 1.38. The molecule has 6 aromatic rings. The van der Waals surface area contributed by atoms with Gasteiger partial charge in [-0.05, 0) is 231 Å². The molecule has 0 saturated carbocycles. The number of nitrogens with zero attached hydrogens (tertiary/aromatic N) is 4. The topological polar surface area (TPSA) is 115 Å². The number of allylic oxidation sites excluding steroid dienone is 8. The highest BCUT2D eigenvalue weighted by Gasteiger charge is 2.26. The second-order valence-corrected chi connectivity index (χ2v) is 21.6. The Hall–Kier alpha value is -6.80. The summed E-state index contributed by atoms with van der Waals surface area (Å²) in [6, 6.07) is 18.7. The monoisotopic (exact) mass is 1010 g/mol. The van der Waals surface area contributed by atoms with Gasteiger partial charge in [-0.3, -0.25) is 0 Å². The molecule has 394 valence electrons. The summed E-state index contributed by atoms with van der Waals surface area (Å²) in [5, 5.41) is 0. The zero-order valence-corrected chi connectivity index (χ0v) is 48.3. The predicted octanol–water partition coefficient (Wildman–Crippen LogP) is 19.2. The van der Waals surface area contributed by atoms with E-state index < -0.39 is 0 Å². The molecule has 0 spiro atoms. The quantitative estimate of drug-likeness (QED) is 0.0820. The molecule has 6 aromatic heterocycles. The maximum Gasteiger partial charge on any atom is 0.0693 e. The number of hydrogen-bond acceptors (Lipinski definition) is 4. The number of aromatic nitrogens is 8. The summed E-state index contributed by atoms with van der Waals surface area (Å²) in [4.78, 5) is 38.3. The van der Waals surface area contributed by atoms with Crippen LogP contribution in [0.5, 0.6) is 0 Å². The SMILES string of the molecule is CCCCC1=C(C)c2cc3[nH]c(cc4nc(cc5[nH]c(cc1n2)c(C)c5-c1c(C)c2cc5nc(cc6[nH]c(cc7nc(cc1[nH]2)C(CCCC)=C7C)c(CC)c6CC)C(CC)=C5CC)C(CC)=C4CC)c(CC)c3CC. The fourth-order valence-corrected chi connectivity index (χ4v) is 13.2. The Labute approximate surface area is 451 Å². The normalized spacial score (nSPS) is 13.9. The van der Waals surface area contributed by atoms with E-state index in [9.17, 15) is 0 Å². The van der Waals surface area contributed by atoms with Gasteiger partial charge in [0.1, 0.15) is 0 Å². The lowest BCUT2D eigenvalue weighted by molar-refractivity contribution is 0.824. The van der Waals surface area contributed by atoms with Gasteiger partial charge in [-0.25, -0.2) is 19.9 Å². The van der Waals surface area contributed by atoms with Gasteiger partial charge in [-0.1, -0.05) is 82.1 Å². The van der Waals surface area contributed by atoms with E-state index in [1.165, 1.54) is 89.1 Å². The summed E-state index contributed by atoms with van der Waals surface area (Å²) < 4.78 is 0. The molecule has 0 radical (unpaired) electrons. The van der Waals surface area contributed by atoms with Crippen LogP contribution in [0.25, 0.3) is 99.8 Å². The van der Waals surface area contributed by atoms with Crippen LogP contribution >= 0.6 is 0 Å². The van der Waals surface area contributed by atoms with Crippen LogP contribution in [0.15, 0.2) is 48.5 Å². The fourth-order valence-electron chi connectivity index (χ4n) is 13.2. The van der Waals surface area contributed by atoms with E-state index in [1.54, 1.807) is 0 Å². The highest BCUT2D eigenvalue weighted by Crippen LogP contribution is 2.44. The number of rotatable bonds is 15. The van der Waals surface area contributed by atoms with Crippen molar-refractivity contribution in [2.24, 2.45) is 0 Å². The lowest BCUT2D eigenvalue weighted by atomic mass is 9.96. The third kappa shape index (κ3) is 8.97. The zero-order valence-electron chi connectivity index (χ0n) is 48.3. The summed E-state index contributed by atoms with van der Waals surface area (Å²) in [5.74, 6) is 0. The molecule has 0 amide bonds. The first-order valence-corrected chi connectivity index (χ1v) is 29.3. The first-order chi connectivity index (χ1) is 36.9. The van der Waals surface area contributed by atoms with Crippen LogP contribution in [0.2, 0.25) is 0 Å². The van der Waals surface area contributed by atoms with E-state index in [4.69, 9.17) is 19.9 Å². The van der Waals surface area contributed by atoms with Crippen molar-refractivity contribution in [2.75, 3.05) is 0 Å². The van der Waals surface area contributed by atoms with Crippen molar-refractivity contribution in [3.05, 3.63) is 127 Å². The number of H-pyrrole nitrogens is 4. The molecule has 4 aliphatic heterocycles. The van der Waals surface area contributed by atoms with E-state index >= 15 is 0 Å². The van der Waals surface area contributed by atoms with Crippen LogP contribution in [0.4, 0.5) is 0 Å². The second-order valence-electron chi connectivity index (χ2n) is 21.6. The molecule has 0 aromatic carbocycles. The first kappa shape index (κ1) is 52.6. The van der Waals surface area contributed by atoms with Gasteiger partial charge in [0.2, 0.25) is 0 Å². The minimum atomic E-state index is 0.881.